The van der Waals surface area contributed by atoms with Crippen LogP contribution in [0.2, 0.25) is 0 Å². The van der Waals surface area contributed by atoms with Crippen molar-refractivity contribution in [3.63, 3.8) is 0 Å². The van der Waals surface area contributed by atoms with Crippen molar-refractivity contribution in [2.24, 2.45) is 0 Å². The number of halogens is 3. The lowest BCUT2D eigenvalue weighted by Crippen LogP contribution is -2.19. The molecule has 3 aromatic carbocycles. The summed E-state index contributed by atoms with van der Waals surface area (Å²) in [7, 11) is -8.23. The van der Waals surface area contributed by atoms with E-state index in [1.54, 1.807) is 38.1 Å². The molecule has 0 aliphatic rings. The van der Waals surface area contributed by atoms with Crippen LogP contribution in [0.3, 0.4) is 0 Å². The van der Waals surface area contributed by atoms with E-state index in [-0.39, 0.29) is 41.4 Å². The molecule has 0 bridgehead atoms. The number of rotatable bonds is 12. The third-order valence-corrected chi connectivity index (χ3v) is 8.27. The first-order valence-corrected chi connectivity index (χ1v) is 14.4. The largest absolute Gasteiger partial charge is 0.573 e. The highest BCUT2D eigenvalue weighted by molar-refractivity contribution is 7.87. The number of alkyl halides is 3. The van der Waals surface area contributed by atoms with E-state index in [1.165, 1.54) is 42.5 Å². The third kappa shape index (κ3) is 8.55. The molecule has 0 saturated heterocycles. The molecule has 0 aliphatic carbocycles. The van der Waals surface area contributed by atoms with Gasteiger partial charge in [-0.1, -0.05) is 53.6 Å². The minimum atomic E-state index is -4.96. The smallest absolute Gasteiger partial charge is 0.405 e. The Bertz CT molecular complexity index is 1340. The van der Waals surface area contributed by atoms with Crippen LogP contribution in [0.25, 0.3) is 0 Å². The van der Waals surface area contributed by atoms with Gasteiger partial charge in [0.05, 0.1) is 23.0 Å². The first-order valence-electron chi connectivity index (χ1n) is 11.5. The Morgan fingerprint density at radius 1 is 0.684 bits per heavy atom. The Morgan fingerprint density at radius 3 is 1.53 bits per heavy atom. The molecule has 0 heterocycles. The highest BCUT2D eigenvalue weighted by atomic mass is 32.2. The van der Waals surface area contributed by atoms with Crippen molar-refractivity contribution in [1.82, 2.24) is 0 Å². The summed E-state index contributed by atoms with van der Waals surface area (Å²) in [5, 5.41) is 0. The quantitative estimate of drug-likeness (QED) is 0.250. The average molecular weight is 573 g/mol. The summed E-state index contributed by atoms with van der Waals surface area (Å²) in [6, 6.07) is 17.4. The number of benzene rings is 3. The van der Waals surface area contributed by atoms with Gasteiger partial charge in [0.2, 0.25) is 0 Å². The first kappa shape index (κ1) is 29.6. The molecule has 0 radical (unpaired) electrons. The van der Waals surface area contributed by atoms with E-state index in [9.17, 15) is 30.0 Å². The van der Waals surface area contributed by atoms with Crippen LogP contribution in [-0.4, -0.2) is 36.4 Å². The highest BCUT2D eigenvalue weighted by Crippen LogP contribution is 2.35. The number of ether oxygens (including phenoxy) is 1. The highest BCUT2D eigenvalue weighted by Gasteiger charge is 2.33. The molecule has 0 aliphatic heterocycles. The third-order valence-electron chi connectivity index (χ3n) is 5.61. The molecule has 0 amide bonds. The maximum absolute atomic E-state index is 13.0. The van der Waals surface area contributed by atoms with Gasteiger partial charge in [0.25, 0.3) is 20.2 Å². The van der Waals surface area contributed by atoms with Gasteiger partial charge in [-0.2, -0.15) is 16.8 Å². The van der Waals surface area contributed by atoms with Crippen molar-refractivity contribution in [1.29, 1.82) is 0 Å². The van der Waals surface area contributed by atoms with Gasteiger partial charge in [-0.25, -0.2) is 0 Å². The Labute approximate surface area is 220 Å². The van der Waals surface area contributed by atoms with E-state index in [0.717, 1.165) is 17.2 Å². The molecule has 3 rings (SSSR count). The van der Waals surface area contributed by atoms with Gasteiger partial charge in [-0.05, 0) is 68.5 Å². The van der Waals surface area contributed by atoms with Crippen LogP contribution in [0.15, 0.2) is 82.6 Å². The molecule has 0 spiro atoms. The van der Waals surface area contributed by atoms with Gasteiger partial charge in [0.1, 0.15) is 5.75 Å². The van der Waals surface area contributed by atoms with Crippen molar-refractivity contribution in [3.05, 3.63) is 89.5 Å². The summed E-state index contributed by atoms with van der Waals surface area (Å²) >= 11 is 0. The molecule has 0 fully saturated rings. The predicted molar refractivity (Wildman–Crippen MR) is 134 cm³/mol. The second kappa shape index (κ2) is 12.3. The number of aryl methyl sites for hydroxylation is 2. The van der Waals surface area contributed by atoms with Crippen molar-refractivity contribution < 1.29 is 43.1 Å². The molecule has 0 atom stereocenters. The van der Waals surface area contributed by atoms with E-state index in [0.29, 0.717) is 0 Å². The summed E-state index contributed by atoms with van der Waals surface area (Å²) < 4.78 is 104. The standard InChI is InChI=1S/C26H27F3O7S2/c1-19-7-11-22(12-8-19)37(30,31)34-17-15-21(24-5-3-4-6-25(24)36-26(27,28)29)16-18-35-38(32,33)23-13-9-20(2)10-14-23/h3-14,21H,15-18H2,1-2H3. The Kier molecular flexibility index (Phi) is 9.58. The average Bonchev–Trinajstić information content (AvgIpc) is 2.83. The van der Waals surface area contributed by atoms with Gasteiger partial charge in [-0.3, -0.25) is 8.37 Å². The molecule has 7 nitrogen and oxygen atoms in total. The van der Waals surface area contributed by atoms with E-state index in [4.69, 9.17) is 8.37 Å². The summed E-state index contributed by atoms with van der Waals surface area (Å²) in [5.74, 6) is -1.26. The monoisotopic (exact) mass is 572 g/mol. The molecule has 0 N–H and O–H groups in total. The lowest BCUT2D eigenvalue weighted by Gasteiger charge is -2.21. The van der Waals surface area contributed by atoms with Crippen LogP contribution in [0.5, 0.6) is 5.75 Å². The molecule has 0 saturated carbocycles. The fourth-order valence-corrected chi connectivity index (χ4v) is 5.48. The number of hydrogen-bond donors (Lipinski definition) is 0. The summed E-state index contributed by atoms with van der Waals surface area (Å²) in [6.07, 6.45) is -5.08. The zero-order valence-electron chi connectivity index (χ0n) is 20.6. The van der Waals surface area contributed by atoms with Gasteiger partial charge >= 0.3 is 6.36 Å². The Morgan fingerprint density at radius 2 is 1.11 bits per heavy atom. The van der Waals surface area contributed by atoms with Crippen LogP contribution in [0.1, 0.15) is 35.4 Å². The molecule has 38 heavy (non-hydrogen) atoms. The van der Waals surface area contributed by atoms with Crippen LogP contribution >= 0.6 is 0 Å². The Hall–Kier alpha value is -2.93. The van der Waals surface area contributed by atoms with Crippen molar-refractivity contribution in [2.75, 3.05) is 13.2 Å². The normalized spacial score (nSPS) is 12.6. The summed E-state index contributed by atoms with van der Waals surface area (Å²) in [4.78, 5) is -0.124. The number of hydrogen-bond acceptors (Lipinski definition) is 7. The summed E-state index contributed by atoms with van der Waals surface area (Å²) in [6.45, 7) is 2.85. The van der Waals surface area contributed by atoms with Crippen LogP contribution < -0.4 is 4.74 Å². The van der Waals surface area contributed by atoms with Gasteiger partial charge in [0, 0.05) is 0 Å². The molecule has 0 aromatic heterocycles. The lowest BCUT2D eigenvalue weighted by molar-refractivity contribution is -0.275. The predicted octanol–water partition coefficient (Wildman–Crippen LogP) is 5.88. The fourth-order valence-electron chi connectivity index (χ4n) is 3.64. The molecule has 12 heteroatoms. The fraction of sp³-hybridized carbons (Fsp3) is 0.308. The topological polar surface area (TPSA) is 96.0 Å². The summed E-state index contributed by atoms with van der Waals surface area (Å²) in [5.41, 5.74) is 1.81. The van der Waals surface area contributed by atoms with Gasteiger partial charge < -0.3 is 4.74 Å². The lowest BCUT2D eigenvalue weighted by atomic mass is 9.92. The maximum atomic E-state index is 13.0. The Balaban J connectivity index is 1.77. The van der Waals surface area contributed by atoms with Crippen LogP contribution in [0.4, 0.5) is 13.2 Å². The molecule has 0 unspecified atom stereocenters. The second-order valence-corrected chi connectivity index (χ2v) is 11.8. The molecule has 206 valence electrons. The van der Waals surface area contributed by atoms with Gasteiger partial charge in [-0.15, -0.1) is 13.2 Å². The minimum absolute atomic E-state index is 0.0583. The maximum Gasteiger partial charge on any atom is 0.573 e. The zero-order chi connectivity index (χ0) is 28.0. The zero-order valence-corrected chi connectivity index (χ0v) is 22.3. The van der Waals surface area contributed by atoms with Crippen LogP contribution in [-0.2, 0) is 28.6 Å². The number of para-hydroxylation sites is 1. The first-order chi connectivity index (χ1) is 17.8. The molecular formula is C26H27F3O7S2. The molecular weight excluding hydrogens is 545 g/mol. The van der Waals surface area contributed by atoms with Crippen molar-refractivity contribution in [3.8, 4) is 5.75 Å². The van der Waals surface area contributed by atoms with Crippen molar-refractivity contribution >= 4 is 20.2 Å². The second-order valence-electron chi connectivity index (χ2n) is 8.54. The minimum Gasteiger partial charge on any atom is -0.405 e. The van der Waals surface area contributed by atoms with Gasteiger partial charge in [0.15, 0.2) is 0 Å². The van der Waals surface area contributed by atoms with Crippen molar-refractivity contribution in [2.45, 2.75) is 48.8 Å². The van der Waals surface area contributed by atoms with E-state index in [2.05, 4.69) is 4.74 Å². The SMILES string of the molecule is Cc1ccc(S(=O)(=O)OCCC(CCOS(=O)(=O)c2ccc(C)cc2)c2ccccc2OC(F)(F)F)cc1. The van der Waals surface area contributed by atoms with Crippen LogP contribution in [0, 0.1) is 13.8 Å². The van der Waals surface area contributed by atoms with E-state index < -0.39 is 38.3 Å². The van der Waals surface area contributed by atoms with E-state index >= 15 is 0 Å². The molecule has 3 aromatic rings. The van der Waals surface area contributed by atoms with E-state index in [1.807, 2.05) is 0 Å².